The number of benzene rings is 1. The lowest BCUT2D eigenvalue weighted by Crippen LogP contribution is -2.44. The molecule has 8 heteroatoms. The molecule has 1 saturated heterocycles. The summed E-state index contributed by atoms with van der Waals surface area (Å²) < 4.78 is 19.9. The topological polar surface area (TPSA) is 48.9 Å². The Hall–Kier alpha value is -0.450. The van der Waals surface area contributed by atoms with Crippen molar-refractivity contribution in [2.45, 2.75) is 6.54 Å². The van der Waals surface area contributed by atoms with E-state index >= 15 is 0 Å². The highest BCUT2D eigenvalue weighted by atomic mass is 127. The molecule has 0 aliphatic carbocycles. The Labute approximate surface area is 162 Å². The summed E-state index contributed by atoms with van der Waals surface area (Å²) in [5, 5.41) is 6.37. The van der Waals surface area contributed by atoms with Crippen molar-refractivity contribution in [3.8, 4) is 0 Å². The molecule has 2 N–H and O–H groups in total. The predicted molar refractivity (Wildman–Crippen MR) is 105 cm³/mol. The second-order valence-electron chi connectivity index (χ2n) is 5.04. The van der Waals surface area contributed by atoms with E-state index in [-0.39, 0.29) is 29.8 Å². The average molecular weight is 501 g/mol. The van der Waals surface area contributed by atoms with Gasteiger partial charge in [-0.15, -0.1) is 24.0 Å². The minimum Gasteiger partial charge on any atom is -0.379 e. The summed E-state index contributed by atoms with van der Waals surface area (Å²) in [6.07, 6.45) is 0. The minimum absolute atomic E-state index is 0. The van der Waals surface area contributed by atoms with Gasteiger partial charge in [-0.25, -0.2) is 4.39 Å². The van der Waals surface area contributed by atoms with Crippen LogP contribution in [0.15, 0.2) is 27.7 Å². The number of hydrogen-bond acceptors (Lipinski definition) is 3. The molecular formula is C15H23BrFIN4O. The molecule has 0 aromatic heterocycles. The molecule has 1 heterocycles. The van der Waals surface area contributed by atoms with Gasteiger partial charge in [-0.05, 0) is 18.2 Å². The first-order valence-corrected chi connectivity index (χ1v) is 8.17. The third-order valence-corrected chi connectivity index (χ3v) is 4.00. The molecule has 0 amide bonds. The summed E-state index contributed by atoms with van der Waals surface area (Å²) in [7, 11) is 1.71. The van der Waals surface area contributed by atoms with Gasteiger partial charge in [0.2, 0.25) is 0 Å². The Morgan fingerprint density at radius 2 is 2.09 bits per heavy atom. The normalized spacial score (nSPS) is 15.9. The highest BCUT2D eigenvalue weighted by Crippen LogP contribution is 2.15. The standard InChI is InChI=1S/C15H22BrFN4O.HI/c1-18-15(19-4-5-21-6-8-22-9-7-21)20-11-12-10-13(16)2-3-14(12)17;/h2-3,10H,4-9,11H2,1H3,(H2,18,19,20);1H. The van der Waals surface area contributed by atoms with Crippen molar-refractivity contribution in [3.63, 3.8) is 0 Å². The van der Waals surface area contributed by atoms with E-state index in [0.717, 1.165) is 43.9 Å². The third-order valence-electron chi connectivity index (χ3n) is 3.50. The van der Waals surface area contributed by atoms with Gasteiger partial charge in [-0.1, -0.05) is 15.9 Å². The number of guanidine groups is 1. The molecule has 0 radical (unpaired) electrons. The Morgan fingerprint density at radius 3 is 2.78 bits per heavy atom. The lowest BCUT2D eigenvalue weighted by atomic mass is 10.2. The number of aliphatic imine (C=N–C) groups is 1. The van der Waals surface area contributed by atoms with E-state index in [4.69, 9.17) is 4.74 Å². The number of morpholine rings is 1. The van der Waals surface area contributed by atoms with E-state index in [9.17, 15) is 4.39 Å². The zero-order valence-electron chi connectivity index (χ0n) is 13.1. The maximum Gasteiger partial charge on any atom is 0.191 e. The number of rotatable bonds is 5. The number of hydrogen-bond donors (Lipinski definition) is 2. The van der Waals surface area contributed by atoms with E-state index in [1.807, 2.05) is 0 Å². The first kappa shape index (κ1) is 20.6. The number of nitrogens with one attached hydrogen (secondary N) is 2. The Kier molecular flexibility index (Phi) is 10.00. The molecule has 5 nitrogen and oxygen atoms in total. The van der Waals surface area contributed by atoms with Crippen LogP contribution in [0.4, 0.5) is 4.39 Å². The van der Waals surface area contributed by atoms with Crippen molar-refractivity contribution in [2.75, 3.05) is 46.4 Å². The molecule has 1 fully saturated rings. The molecule has 1 aliphatic heterocycles. The first-order valence-electron chi connectivity index (χ1n) is 7.37. The van der Waals surface area contributed by atoms with Gasteiger partial charge < -0.3 is 15.4 Å². The van der Waals surface area contributed by atoms with Gasteiger partial charge in [0.15, 0.2) is 5.96 Å². The molecule has 0 saturated carbocycles. The molecule has 1 aromatic rings. The molecule has 23 heavy (non-hydrogen) atoms. The van der Waals surface area contributed by atoms with Crippen molar-refractivity contribution in [3.05, 3.63) is 34.1 Å². The smallest absolute Gasteiger partial charge is 0.191 e. The SMILES string of the molecule is CN=C(NCCN1CCOCC1)NCc1cc(Br)ccc1F.I. The van der Waals surface area contributed by atoms with Crippen LogP contribution >= 0.6 is 39.9 Å². The van der Waals surface area contributed by atoms with E-state index < -0.39 is 0 Å². The van der Waals surface area contributed by atoms with Crippen LogP contribution < -0.4 is 10.6 Å². The molecular weight excluding hydrogens is 478 g/mol. The van der Waals surface area contributed by atoms with Gasteiger partial charge in [-0.2, -0.15) is 0 Å². The van der Waals surface area contributed by atoms with E-state index in [1.54, 1.807) is 19.2 Å². The first-order chi connectivity index (χ1) is 10.7. The molecule has 1 aliphatic rings. The Bertz CT molecular complexity index is 512. The lowest BCUT2D eigenvalue weighted by molar-refractivity contribution is 0.0389. The maximum atomic E-state index is 13.7. The maximum absolute atomic E-state index is 13.7. The largest absolute Gasteiger partial charge is 0.379 e. The van der Waals surface area contributed by atoms with E-state index in [0.29, 0.717) is 18.1 Å². The van der Waals surface area contributed by atoms with Gasteiger partial charge in [0.05, 0.1) is 13.2 Å². The number of nitrogens with zero attached hydrogens (tertiary/aromatic N) is 2. The van der Waals surface area contributed by atoms with E-state index in [1.165, 1.54) is 6.07 Å². The summed E-state index contributed by atoms with van der Waals surface area (Å²) in [6, 6.07) is 4.91. The third kappa shape index (κ3) is 7.32. The van der Waals surface area contributed by atoms with Crippen LogP contribution in [-0.2, 0) is 11.3 Å². The number of ether oxygens (including phenoxy) is 1. The zero-order chi connectivity index (χ0) is 15.8. The van der Waals surface area contributed by atoms with Gasteiger partial charge in [0.1, 0.15) is 5.82 Å². The van der Waals surface area contributed by atoms with Crippen molar-refractivity contribution < 1.29 is 9.13 Å². The molecule has 130 valence electrons. The summed E-state index contributed by atoms with van der Waals surface area (Å²) in [6.45, 7) is 5.66. The average Bonchev–Trinajstić information content (AvgIpc) is 2.54. The monoisotopic (exact) mass is 500 g/mol. The van der Waals surface area contributed by atoms with Crippen LogP contribution in [0.3, 0.4) is 0 Å². The second-order valence-corrected chi connectivity index (χ2v) is 5.96. The highest BCUT2D eigenvalue weighted by molar-refractivity contribution is 14.0. The highest BCUT2D eigenvalue weighted by Gasteiger charge is 2.10. The summed E-state index contributed by atoms with van der Waals surface area (Å²) in [5.74, 6) is 0.451. The molecule has 0 unspecified atom stereocenters. The second kappa shape index (κ2) is 11.2. The summed E-state index contributed by atoms with van der Waals surface area (Å²) >= 11 is 3.35. The summed E-state index contributed by atoms with van der Waals surface area (Å²) in [5.41, 5.74) is 0.602. The summed E-state index contributed by atoms with van der Waals surface area (Å²) in [4.78, 5) is 6.50. The Morgan fingerprint density at radius 1 is 1.35 bits per heavy atom. The fourth-order valence-electron chi connectivity index (χ4n) is 2.24. The zero-order valence-corrected chi connectivity index (χ0v) is 17.1. The molecule has 0 atom stereocenters. The molecule has 1 aromatic carbocycles. The fraction of sp³-hybridized carbons (Fsp3) is 0.533. The van der Waals surface area contributed by atoms with Crippen molar-refractivity contribution >= 4 is 45.9 Å². The van der Waals surface area contributed by atoms with Crippen LogP contribution in [-0.4, -0.2) is 57.3 Å². The van der Waals surface area contributed by atoms with Gasteiger partial charge in [0.25, 0.3) is 0 Å². The fourth-order valence-corrected chi connectivity index (χ4v) is 2.64. The van der Waals surface area contributed by atoms with E-state index in [2.05, 4.69) is 36.5 Å². The van der Waals surface area contributed by atoms with Crippen LogP contribution in [0, 0.1) is 5.82 Å². The number of halogens is 3. The van der Waals surface area contributed by atoms with Gasteiger partial charge >= 0.3 is 0 Å². The Balaban J connectivity index is 0.00000264. The van der Waals surface area contributed by atoms with Crippen LogP contribution in [0.25, 0.3) is 0 Å². The van der Waals surface area contributed by atoms with Crippen molar-refractivity contribution in [1.29, 1.82) is 0 Å². The van der Waals surface area contributed by atoms with Gasteiger partial charge in [0, 0.05) is 49.8 Å². The van der Waals surface area contributed by atoms with Gasteiger partial charge in [-0.3, -0.25) is 9.89 Å². The van der Waals surface area contributed by atoms with Crippen molar-refractivity contribution in [2.24, 2.45) is 4.99 Å². The molecule has 0 spiro atoms. The predicted octanol–water partition coefficient (Wildman–Crippen LogP) is 2.20. The van der Waals surface area contributed by atoms with Crippen LogP contribution in [0.5, 0.6) is 0 Å². The quantitative estimate of drug-likeness (QED) is 0.370. The minimum atomic E-state index is -0.223. The molecule has 0 bridgehead atoms. The molecule has 2 rings (SSSR count). The van der Waals surface area contributed by atoms with Crippen molar-refractivity contribution in [1.82, 2.24) is 15.5 Å². The van der Waals surface area contributed by atoms with Crippen LogP contribution in [0.1, 0.15) is 5.56 Å². The van der Waals surface area contributed by atoms with Crippen LogP contribution in [0.2, 0.25) is 0 Å². The lowest BCUT2D eigenvalue weighted by Gasteiger charge is -2.26.